The van der Waals surface area contributed by atoms with Crippen LogP contribution >= 0.6 is 0 Å². The van der Waals surface area contributed by atoms with Gasteiger partial charge in [-0.2, -0.15) is 0 Å². The minimum absolute atomic E-state index is 0.0514. The maximum absolute atomic E-state index is 11.6. The van der Waals surface area contributed by atoms with E-state index in [-0.39, 0.29) is 11.5 Å². The van der Waals surface area contributed by atoms with E-state index < -0.39 is 45.4 Å². The van der Waals surface area contributed by atoms with Crippen LogP contribution in [0, 0.1) is 0 Å². The predicted molar refractivity (Wildman–Crippen MR) is 93.0 cm³/mol. The molecule has 0 spiro atoms. The number of hydrogen-bond acceptors (Lipinski definition) is 6. The van der Waals surface area contributed by atoms with Crippen LogP contribution in [-0.4, -0.2) is 53.5 Å². The fourth-order valence-corrected chi connectivity index (χ4v) is 8.90. The second-order valence-electron chi connectivity index (χ2n) is 5.60. The Balaban J connectivity index is 3.84. The van der Waals surface area contributed by atoms with E-state index in [2.05, 4.69) is 13.8 Å². The molecule has 0 amide bonds. The number of hydrogen-bond donors (Lipinski definition) is 0. The Morgan fingerprint density at radius 2 is 0.957 bits per heavy atom. The summed E-state index contributed by atoms with van der Waals surface area (Å²) in [6, 6.07) is 0. The first-order chi connectivity index (χ1) is 10.8. The van der Waals surface area contributed by atoms with Gasteiger partial charge in [0.1, 0.15) is 0 Å². The summed E-state index contributed by atoms with van der Waals surface area (Å²) in [6.07, 6.45) is 9.21. The molecule has 2 radical (unpaired) electrons. The van der Waals surface area contributed by atoms with Crippen molar-refractivity contribution < 1.29 is 21.1 Å². The van der Waals surface area contributed by atoms with Crippen molar-refractivity contribution in [1.29, 1.82) is 0 Å². The zero-order valence-corrected chi connectivity index (χ0v) is 19.8. The van der Waals surface area contributed by atoms with Gasteiger partial charge in [-0.05, 0) is 0 Å². The third kappa shape index (κ3) is 16.0. The Kier molecular flexibility index (Phi) is 14.4. The Labute approximate surface area is 155 Å². The summed E-state index contributed by atoms with van der Waals surface area (Å²) >= 11 is -2.58. The fourth-order valence-electron chi connectivity index (χ4n) is 1.97. The van der Waals surface area contributed by atoms with E-state index in [9.17, 15) is 16.8 Å². The van der Waals surface area contributed by atoms with Crippen molar-refractivity contribution in [3.05, 3.63) is 0 Å². The molecule has 0 N–H and O–H groups in total. The van der Waals surface area contributed by atoms with Crippen molar-refractivity contribution in [3.63, 3.8) is 0 Å². The molecule has 9 heteroatoms. The van der Waals surface area contributed by atoms with Crippen LogP contribution in [0.4, 0.5) is 0 Å². The normalized spacial score (nSPS) is 12.6. The molecule has 23 heavy (non-hydrogen) atoms. The third-order valence-electron chi connectivity index (χ3n) is 3.32. The molecule has 138 valence electrons. The molecule has 0 aromatic carbocycles. The summed E-state index contributed by atoms with van der Waals surface area (Å²) in [5, 5.41) is 0. The molecule has 0 heterocycles. The van der Waals surface area contributed by atoms with Gasteiger partial charge in [0.05, 0.1) is 0 Å². The van der Waals surface area contributed by atoms with Crippen LogP contribution in [0.3, 0.4) is 0 Å². The van der Waals surface area contributed by atoms with Crippen molar-refractivity contribution in [1.82, 2.24) is 0 Å². The molecule has 0 fully saturated rings. The van der Waals surface area contributed by atoms with Crippen molar-refractivity contribution in [2.24, 2.45) is 0 Å². The standard InChI is InChI=1S/2C7H16O3S.Pb/c2*1-2-3-4-5-6-7-11(8,9)10;/h2*2-7H2,1H3,(H,8,9,10);/q;;+2/p-2. The molecule has 0 aromatic heterocycles. The van der Waals surface area contributed by atoms with E-state index in [0.29, 0.717) is 12.8 Å². The molecule has 0 rings (SSSR count). The van der Waals surface area contributed by atoms with Gasteiger partial charge in [0.25, 0.3) is 0 Å². The van der Waals surface area contributed by atoms with Crippen LogP contribution in [-0.2, 0) is 24.5 Å². The van der Waals surface area contributed by atoms with E-state index >= 15 is 0 Å². The first-order valence-electron chi connectivity index (χ1n) is 8.40. The Bertz CT molecular complexity index is 431. The molecule has 0 aliphatic rings. The molecule has 0 aliphatic carbocycles. The van der Waals surface area contributed by atoms with Crippen LogP contribution in [0.25, 0.3) is 0 Å². The topological polar surface area (TPSA) is 86.7 Å². The SMILES string of the molecule is CCCCCCCS(=O)(=O)[O][Pb][O]S(=O)(=O)CCCCCCC. The van der Waals surface area contributed by atoms with Crippen LogP contribution in [0.5, 0.6) is 0 Å². The zero-order chi connectivity index (χ0) is 17.6. The van der Waals surface area contributed by atoms with Crippen molar-refractivity contribution in [2.75, 3.05) is 11.5 Å². The van der Waals surface area contributed by atoms with E-state index in [1.165, 1.54) is 0 Å². The zero-order valence-electron chi connectivity index (χ0n) is 14.3. The average Bonchev–Trinajstić information content (AvgIpc) is 2.46. The first-order valence-corrected chi connectivity index (χ1v) is 14.7. The van der Waals surface area contributed by atoms with Crippen molar-refractivity contribution in [2.45, 2.75) is 78.1 Å². The first kappa shape index (κ1) is 23.7. The molecule has 0 aromatic rings. The molecule has 0 bridgehead atoms. The summed E-state index contributed by atoms with van der Waals surface area (Å²) < 4.78 is 56.1. The second-order valence-corrected chi connectivity index (χ2v) is 13.5. The van der Waals surface area contributed by atoms with Gasteiger partial charge >= 0.3 is 156 Å². The number of unbranched alkanes of at least 4 members (excludes halogenated alkanes) is 8. The Morgan fingerprint density at radius 3 is 1.30 bits per heavy atom. The van der Waals surface area contributed by atoms with Gasteiger partial charge in [0.15, 0.2) is 0 Å². The van der Waals surface area contributed by atoms with Crippen molar-refractivity contribution >= 4 is 45.4 Å². The van der Waals surface area contributed by atoms with Gasteiger partial charge in [0, 0.05) is 0 Å². The molecular weight excluding hydrogens is 535 g/mol. The quantitative estimate of drug-likeness (QED) is 0.211. The monoisotopic (exact) mass is 566 g/mol. The molecule has 6 nitrogen and oxygen atoms in total. The Morgan fingerprint density at radius 1 is 0.609 bits per heavy atom. The summed E-state index contributed by atoms with van der Waals surface area (Å²) in [5.74, 6) is -0.103. The van der Waals surface area contributed by atoms with Crippen LogP contribution in [0.15, 0.2) is 0 Å². The summed E-state index contributed by atoms with van der Waals surface area (Å²) in [6.45, 7) is 4.19. The van der Waals surface area contributed by atoms with Gasteiger partial charge in [-0.3, -0.25) is 0 Å². The third-order valence-corrected chi connectivity index (χ3v) is 13.0. The van der Waals surface area contributed by atoms with Gasteiger partial charge in [-0.25, -0.2) is 0 Å². The van der Waals surface area contributed by atoms with Crippen LogP contribution < -0.4 is 0 Å². The van der Waals surface area contributed by atoms with E-state index in [1.54, 1.807) is 0 Å². The van der Waals surface area contributed by atoms with Gasteiger partial charge in [-0.15, -0.1) is 0 Å². The molecular formula is C14H30O6PbS2. The minimum atomic E-state index is -3.63. The molecule has 0 saturated carbocycles. The van der Waals surface area contributed by atoms with Gasteiger partial charge < -0.3 is 0 Å². The second kappa shape index (κ2) is 14.0. The van der Waals surface area contributed by atoms with E-state index in [1.807, 2.05) is 0 Å². The number of rotatable bonds is 16. The summed E-state index contributed by atoms with van der Waals surface area (Å²) in [5.41, 5.74) is 0. The van der Waals surface area contributed by atoms with Crippen LogP contribution in [0.1, 0.15) is 78.1 Å². The maximum atomic E-state index is 11.6. The average molecular weight is 566 g/mol. The van der Waals surface area contributed by atoms with Crippen molar-refractivity contribution in [3.8, 4) is 0 Å². The molecule has 0 aliphatic heterocycles. The summed E-state index contributed by atoms with van der Waals surface area (Å²) in [4.78, 5) is 0. The Hall–Kier alpha value is 0.742. The summed E-state index contributed by atoms with van der Waals surface area (Å²) in [7, 11) is -7.25. The fraction of sp³-hybridized carbons (Fsp3) is 1.00. The molecule has 0 atom stereocenters. The van der Waals surface area contributed by atoms with E-state index in [0.717, 1.165) is 51.4 Å². The van der Waals surface area contributed by atoms with Gasteiger partial charge in [-0.1, -0.05) is 0 Å². The molecule has 0 unspecified atom stereocenters. The predicted octanol–water partition coefficient (Wildman–Crippen LogP) is 3.15. The molecule has 0 saturated heterocycles. The van der Waals surface area contributed by atoms with Crippen LogP contribution in [0.2, 0.25) is 0 Å². The van der Waals surface area contributed by atoms with E-state index in [4.69, 9.17) is 4.27 Å². The van der Waals surface area contributed by atoms with Gasteiger partial charge in [0.2, 0.25) is 0 Å².